The summed E-state index contributed by atoms with van der Waals surface area (Å²) < 4.78 is 0. The van der Waals surface area contributed by atoms with E-state index in [1.807, 2.05) is 0 Å². The number of fused-ring (bicyclic) bond motifs is 4. The van der Waals surface area contributed by atoms with E-state index in [-0.39, 0.29) is 0 Å². The summed E-state index contributed by atoms with van der Waals surface area (Å²) in [7, 11) is 0. The van der Waals surface area contributed by atoms with Crippen LogP contribution in [0.4, 0.5) is 0 Å². The molecule has 0 aromatic carbocycles. The van der Waals surface area contributed by atoms with Gasteiger partial charge in [0.25, 0.3) is 0 Å². The van der Waals surface area contributed by atoms with Crippen LogP contribution in [-0.2, 0) is 0 Å². The van der Waals surface area contributed by atoms with Crippen molar-refractivity contribution in [2.75, 3.05) is 19.8 Å². The van der Waals surface area contributed by atoms with Crippen LogP contribution in [0.15, 0.2) is 0 Å². The van der Waals surface area contributed by atoms with E-state index in [1.54, 1.807) is 0 Å². The lowest BCUT2D eigenvalue weighted by molar-refractivity contribution is 0.0807. The van der Waals surface area contributed by atoms with Crippen molar-refractivity contribution in [2.45, 2.75) is 92.2 Å². The normalized spacial score (nSPS) is 48.8. The predicted molar refractivity (Wildman–Crippen MR) is 97.3 cm³/mol. The van der Waals surface area contributed by atoms with Gasteiger partial charge in [0.05, 0.1) is 6.67 Å². The van der Waals surface area contributed by atoms with Crippen molar-refractivity contribution >= 4 is 0 Å². The van der Waals surface area contributed by atoms with E-state index < -0.39 is 0 Å². The van der Waals surface area contributed by atoms with Crippen LogP contribution in [0.3, 0.4) is 0 Å². The Morgan fingerprint density at radius 1 is 0.652 bits per heavy atom. The number of rotatable bonds is 2. The van der Waals surface area contributed by atoms with Gasteiger partial charge in [-0.1, -0.05) is 41.5 Å². The summed E-state index contributed by atoms with van der Waals surface area (Å²) in [5, 5.41) is 0. The van der Waals surface area contributed by atoms with Gasteiger partial charge in [0.15, 0.2) is 0 Å². The largest absolute Gasteiger partial charge is 0.287 e. The van der Waals surface area contributed by atoms with Gasteiger partial charge in [-0.15, -0.1) is 0 Å². The molecule has 2 nitrogen and oxygen atoms in total. The van der Waals surface area contributed by atoms with E-state index in [4.69, 9.17) is 0 Å². The van der Waals surface area contributed by atoms with Crippen molar-refractivity contribution in [3.63, 3.8) is 0 Å². The van der Waals surface area contributed by atoms with Crippen LogP contribution in [0.5, 0.6) is 0 Å². The highest BCUT2D eigenvalue weighted by Crippen LogP contribution is 2.55. The molecule has 2 saturated carbocycles. The molecule has 0 spiro atoms. The molecule has 4 fully saturated rings. The zero-order valence-electron chi connectivity index (χ0n) is 16.4. The number of nitrogens with zero attached hydrogens (tertiary/aromatic N) is 2. The fourth-order valence-electron chi connectivity index (χ4n) is 7.72. The average molecular weight is 319 g/mol. The first-order chi connectivity index (χ1) is 10.5. The Hall–Kier alpha value is -0.0800. The minimum Gasteiger partial charge on any atom is -0.287 e. The van der Waals surface area contributed by atoms with Gasteiger partial charge in [0.1, 0.15) is 0 Å². The van der Waals surface area contributed by atoms with Crippen LogP contribution < -0.4 is 0 Å². The summed E-state index contributed by atoms with van der Waals surface area (Å²) in [5.41, 5.74) is 2.23. The summed E-state index contributed by atoms with van der Waals surface area (Å²) in [6.45, 7) is 19.0. The predicted octanol–water partition coefficient (Wildman–Crippen LogP) is 4.75. The third-order valence-corrected chi connectivity index (χ3v) is 7.41. The zero-order chi connectivity index (χ0) is 16.7. The summed E-state index contributed by atoms with van der Waals surface area (Å²) in [5.74, 6) is 0. The minimum atomic E-state index is 0.543. The van der Waals surface area contributed by atoms with Crippen LogP contribution in [0.2, 0.25) is 0 Å². The zero-order valence-corrected chi connectivity index (χ0v) is 16.4. The van der Waals surface area contributed by atoms with Crippen molar-refractivity contribution in [3.8, 4) is 0 Å². The molecule has 2 heteroatoms. The van der Waals surface area contributed by atoms with E-state index in [0.29, 0.717) is 21.7 Å². The van der Waals surface area contributed by atoms with E-state index >= 15 is 0 Å². The highest BCUT2D eigenvalue weighted by molar-refractivity contribution is 5.05. The Bertz CT molecular complexity index is 452. The van der Waals surface area contributed by atoms with Gasteiger partial charge in [0.2, 0.25) is 0 Å². The van der Waals surface area contributed by atoms with Gasteiger partial charge < -0.3 is 0 Å². The van der Waals surface area contributed by atoms with Crippen molar-refractivity contribution in [1.29, 1.82) is 0 Å². The Balaban J connectivity index is 1.48. The maximum absolute atomic E-state index is 2.87. The molecule has 0 N–H and O–H groups in total. The summed E-state index contributed by atoms with van der Waals surface area (Å²) in [6, 6.07) is 1.68. The Kier molecular flexibility index (Phi) is 3.39. The Morgan fingerprint density at radius 2 is 1.04 bits per heavy atom. The quantitative estimate of drug-likeness (QED) is 0.725. The fraction of sp³-hybridized carbons (Fsp3) is 1.00. The second-order valence-corrected chi connectivity index (χ2v) is 12.1. The van der Waals surface area contributed by atoms with Gasteiger partial charge >= 0.3 is 0 Å². The average Bonchev–Trinajstić information content (AvgIpc) is 2.67. The van der Waals surface area contributed by atoms with Crippen molar-refractivity contribution < 1.29 is 0 Å². The molecular weight excluding hydrogens is 280 g/mol. The molecule has 0 radical (unpaired) electrons. The van der Waals surface area contributed by atoms with E-state index in [9.17, 15) is 0 Å². The third kappa shape index (κ3) is 2.99. The van der Waals surface area contributed by atoms with Gasteiger partial charge in [0, 0.05) is 25.2 Å². The summed E-state index contributed by atoms with van der Waals surface area (Å²) in [4.78, 5) is 5.73. The van der Waals surface area contributed by atoms with Gasteiger partial charge in [-0.2, -0.15) is 0 Å². The van der Waals surface area contributed by atoms with Crippen molar-refractivity contribution in [3.05, 3.63) is 0 Å². The highest BCUT2D eigenvalue weighted by atomic mass is 15.4. The van der Waals surface area contributed by atoms with Gasteiger partial charge in [-0.3, -0.25) is 9.80 Å². The molecule has 132 valence electrons. The molecule has 23 heavy (non-hydrogen) atoms. The summed E-state index contributed by atoms with van der Waals surface area (Å²) >= 11 is 0. The first kappa shape index (κ1) is 16.4. The molecule has 2 saturated heterocycles. The Labute approximate surface area is 144 Å². The van der Waals surface area contributed by atoms with E-state index in [0.717, 1.165) is 12.1 Å². The van der Waals surface area contributed by atoms with Crippen LogP contribution >= 0.6 is 0 Å². The van der Waals surface area contributed by atoms with E-state index in [1.165, 1.54) is 58.3 Å². The molecule has 2 aliphatic carbocycles. The second-order valence-electron chi connectivity index (χ2n) is 12.1. The molecule has 4 aliphatic rings. The molecule has 4 atom stereocenters. The number of hydrogen-bond donors (Lipinski definition) is 0. The molecule has 2 heterocycles. The number of likely N-dealkylation sites (tertiary alicyclic amines) is 2. The smallest absolute Gasteiger partial charge is 0.0512 e. The van der Waals surface area contributed by atoms with Crippen molar-refractivity contribution in [2.24, 2.45) is 21.7 Å². The van der Waals surface area contributed by atoms with Crippen LogP contribution in [0, 0.1) is 21.7 Å². The Morgan fingerprint density at radius 3 is 1.43 bits per heavy atom. The lowest BCUT2D eigenvalue weighted by Crippen LogP contribution is -2.44. The lowest BCUT2D eigenvalue weighted by Gasteiger charge is -2.40. The lowest BCUT2D eigenvalue weighted by atomic mass is 9.65. The molecule has 0 unspecified atom stereocenters. The fourth-order valence-corrected chi connectivity index (χ4v) is 7.72. The topological polar surface area (TPSA) is 6.48 Å². The molecule has 0 aromatic rings. The van der Waals surface area contributed by atoms with Gasteiger partial charge in [-0.25, -0.2) is 0 Å². The second kappa shape index (κ2) is 4.75. The minimum absolute atomic E-state index is 0.543. The van der Waals surface area contributed by atoms with Crippen molar-refractivity contribution in [1.82, 2.24) is 9.80 Å². The SMILES string of the molecule is CC1(C)C[C@H]2C[C@@](C)(CN2CN2C[C@@]3(C)C[C@@H]2CC(C)(C)C3)C1. The molecule has 2 aliphatic heterocycles. The number of hydrogen-bond acceptors (Lipinski definition) is 2. The molecule has 0 aromatic heterocycles. The summed E-state index contributed by atoms with van der Waals surface area (Å²) in [6.07, 6.45) is 8.53. The maximum Gasteiger partial charge on any atom is 0.0512 e. The van der Waals surface area contributed by atoms with Gasteiger partial charge in [-0.05, 0) is 60.2 Å². The standard InChI is InChI=1S/C21H38N2/c1-18(2)7-16-9-20(5,11-18)13-22(16)15-23-14-21(6)10-17(23)8-19(3,4)12-21/h16-17H,7-15H2,1-6H3/t16-,17-,20-,21+/m0/s1. The first-order valence-corrected chi connectivity index (χ1v) is 9.95. The maximum atomic E-state index is 2.87. The van der Waals surface area contributed by atoms with Crippen LogP contribution in [0.1, 0.15) is 80.1 Å². The van der Waals surface area contributed by atoms with E-state index in [2.05, 4.69) is 51.3 Å². The molecule has 0 amide bonds. The monoisotopic (exact) mass is 318 g/mol. The molecule has 4 rings (SSSR count). The van der Waals surface area contributed by atoms with Crippen LogP contribution in [0.25, 0.3) is 0 Å². The molecule has 4 bridgehead atoms. The molecular formula is C21H38N2. The first-order valence-electron chi connectivity index (χ1n) is 9.95. The third-order valence-electron chi connectivity index (χ3n) is 7.41. The van der Waals surface area contributed by atoms with Crippen LogP contribution in [-0.4, -0.2) is 41.6 Å². The highest BCUT2D eigenvalue weighted by Gasteiger charge is 2.53.